The molecule has 1 aliphatic carbocycles. The van der Waals surface area contributed by atoms with Gasteiger partial charge in [-0.3, -0.25) is 9.78 Å². The molecule has 110 valence electrons. The van der Waals surface area contributed by atoms with Crippen molar-refractivity contribution in [3.05, 3.63) is 35.5 Å². The minimum atomic E-state index is -0.103. The fraction of sp³-hybridized carbons (Fsp3) is 0.375. The molecule has 1 saturated carbocycles. The second-order valence-corrected chi connectivity index (χ2v) is 5.83. The van der Waals surface area contributed by atoms with Gasteiger partial charge in [0, 0.05) is 17.6 Å². The number of hydrogen-bond donors (Lipinski definition) is 1. The van der Waals surface area contributed by atoms with Crippen LogP contribution in [0.1, 0.15) is 19.8 Å². The average Bonchev–Trinajstić information content (AvgIpc) is 3.31. The molecule has 2 aromatic rings. The Balaban J connectivity index is 1.67. The van der Waals surface area contributed by atoms with Crippen LogP contribution in [0.25, 0.3) is 10.9 Å². The molecule has 1 fully saturated rings. The van der Waals surface area contributed by atoms with Gasteiger partial charge in [0.1, 0.15) is 11.3 Å². The van der Waals surface area contributed by atoms with Crippen LogP contribution in [0.5, 0.6) is 5.75 Å². The summed E-state index contributed by atoms with van der Waals surface area (Å²) in [5.41, 5.74) is 0.674. The van der Waals surface area contributed by atoms with Crippen LogP contribution >= 0.6 is 11.6 Å². The Labute approximate surface area is 128 Å². The Hall–Kier alpha value is -1.81. The quantitative estimate of drug-likeness (QED) is 0.923. The highest BCUT2D eigenvalue weighted by molar-refractivity contribution is 6.35. The molecule has 1 N–H and O–H groups in total. The van der Waals surface area contributed by atoms with Crippen LogP contribution < -0.4 is 10.1 Å². The molecule has 1 heterocycles. The second-order valence-electron chi connectivity index (χ2n) is 5.43. The third-order valence-corrected chi connectivity index (χ3v) is 4.09. The van der Waals surface area contributed by atoms with Crippen molar-refractivity contribution >= 4 is 28.4 Å². The van der Waals surface area contributed by atoms with Crippen molar-refractivity contribution < 1.29 is 9.53 Å². The molecular formula is C16H17ClN2O2. The average molecular weight is 305 g/mol. The van der Waals surface area contributed by atoms with Gasteiger partial charge in [0.25, 0.3) is 5.91 Å². The van der Waals surface area contributed by atoms with Gasteiger partial charge in [0.15, 0.2) is 6.61 Å². The Morgan fingerprint density at radius 1 is 1.48 bits per heavy atom. The van der Waals surface area contributed by atoms with E-state index < -0.39 is 0 Å². The van der Waals surface area contributed by atoms with Crippen LogP contribution in [0.2, 0.25) is 5.02 Å². The zero-order chi connectivity index (χ0) is 14.8. The van der Waals surface area contributed by atoms with Crippen LogP contribution in [-0.2, 0) is 4.79 Å². The summed E-state index contributed by atoms with van der Waals surface area (Å²) in [6.45, 7) is 2.03. The molecule has 0 spiro atoms. The lowest BCUT2D eigenvalue weighted by Crippen LogP contribution is -2.37. The summed E-state index contributed by atoms with van der Waals surface area (Å²) >= 11 is 6.13. The summed E-state index contributed by atoms with van der Waals surface area (Å²) in [7, 11) is 0. The van der Waals surface area contributed by atoms with Crippen molar-refractivity contribution in [3.8, 4) is 5.75 Å². The Morgan fingerprint density at radius 2 is 2.29 bits per heavy atom. The molecule has 0 unspecified atom stereocenters. The van der Waals surface area contributed by atoms with E-state index in [1.807, 2.05) is 19.1 Å². The van der Waals surface area contributed by atoms with E-state index in [0.29, 0.717) is 22.2 Å². The van der Waals surface area contributed by atoms with Crippen LogP contribution in [-0.4, -0.2) is 23.5 Å². The van der Waals surface area contributed by atoms with Gasteiger partial charge in [-0.1, -0.05) is 11.6 Å². The lowest BCUT2D eigenvalue weighted by molar-refractivity contribution is -0.123. The summed E-state index contributed by atoms with van der Waals surface area (Å²) in [4.78, 5) is 16.2. The van der Waals surface area contributed by atoms with E-state index >= 15 is 0 Å². The van der Waals surface area contributed by atoms with Crippen molar-refractivity contribution in [2.45, 2.75) is 25.8 Å². The third kappa shape index (κ3) is 3.27. The van der Waals surface area contributed by atoms with Crippen LogP contribution in [0.15, 0.2) is 30.5 Å². The minimum absolute atomic E-state index is 0.00956. The van der Waals surface area contributed by atoms with Gasteiger partial charge < -0.3 is 10.1 Å². The van der Waals surface area contributed by atoms with Crippen LogP contribution in [0, 0.1) is 5.92 Å². The molecule has 21 heavy (non-hydrogen) atoms. The first-order chi connectivity index (χ1) is 10.1. The highest BCUT2D eigenvalue weighted by Crippen LogP contribution is 2.32. The number of rotatable bonds is 5. The number of amides is 1. The maximum atomic E-state index is 11.9. The SMILES string of the molecule is C[C@@H](NC(=O)COc1ccc(Cl)c2cccnc12)C1CC1. The van der Waals surface area contributed by atoms with Crippen molar-refractivity contribution in [2.75, 3.05) is 6.61 Å². The molecule has 1 amide bonds. The fourth-order valence-electron chi connectivity index (χ4n) is 2.38. The maximum absolute atomic E-state index is 11.9. The summed E-state index contributed by atoms with van der Waals surface area (Å²) in [5.74, 6) is 1.10. The molecule has 0 bridgehead atoms. The minimum Gasteiger partial charge on any atom is -0.481 e. The van der Waals surface area contributed by atoms with Crippen LogP contribution in [0.4, 0.5) is 0 Å². The van der Waals surface area contributed by atoms with E-state index in [1.54, 1.807) is 18.3 Å². The molecule has 3 rings (SSSR count). The van der Waals surface area contributed by atoms with Gasteiger partial charge in [0.05, 0.1) is 5.02 Å². The molecule has 0 aliphatic heterocycles. The van der Waals surface area contributed by atoms with Gasteiger partial charge in [0.2, 0.25) is 0 Å². The smallest absolute Gasteiger partial charge is 0.258 e. The first-order valence-electron chi connectivity index (χ1n) is 7.10. The number of hydrogen-bond acceptors (Lipinski definition) is 3. The van der Waals surface area contributed by atoms with E-state index in [4.69, 9.17) is 16.3 Å². The van der Waals surface area contributed by atoms with E-state index in [9.17, 15) is 4.79 Å². The number of carbonyl (C=O) groups is 1. The summed E-state index contributed by atoms with van der Waals surface area (Å²) in [5, 5.41) is 4.41. The Bertz CT molecular complexity index is 670. The number of pyridine rings is 1. The maximum Gasteiger partial charge on any atom is 0.258 e. The zero-order valence-corrected chi connectivity index (χ0v) is 12.6. The van der Waals surface area contributed by atoms with Crippen LogP contribution in [0.3, 0.4) is 0 Å². The normalized spacial score (nSPS) is 15.7. The highest BCUT2D eigenvalue weighted by Gasteiger charge is 2.28. The van der Waals surface area contributed by atoms with Crippen molar-refractivity contribution in [2.24, 2.45) is 5.92 Å². The lowest BCUT2D eigenvalue weighted by Gasteiger charge is -2.14. The largest absolute Gasteiger partial charge is 0.481 e. The van der Waals surface area contributed by atoms with E-state index in [-0.39, 0.29) is 18.6 Å². The van der Waals surface area contributed by atoms with Gasteiger partial charge in [-0.25, -0.2) is 0 Å². The summed E-state index contributed by atoms with van der Waals surface area (Å²) in [6, 6.07) is 7.43. The fourth-order valence-corrected chi connectivity index (χ4v) is 2.60. The third-order valence-electron chi connectivity index (χ3n) is 3.76. The number of carbonyl (C=O) groups excluding carboxylic acids is 1. The number of ether oxygens (including phenoxy) is 1. The molecule has 5 heteroatoms. The molecule has 1 aromatic carbocycles. The number of aromatic nitrogens is 1. The zero-order valence-electron chi connectivity index (χ0n) is 11.8. The Morgan fingerprint density at radius 3 is 3.05 bits per heavy atom. The number of nitrogens with zero attached hydrogens (tertiary/aromatic N) is 1. The molecule has 4 nitrogen and oxygen atoms in total. The van der Waals surface area contributed by atoms with E-state index in [2.05, 4.69) is 10.3 Å². The van der Waals surface area contributed by atoms with Gasteiger partial charge in [-0.05, 0) is 49.9 Å². The molecule has 1 aromatic heterocycles. The first-order valence-corrected chi connectivity index (χ1v) is 7.48. The van der Waals surface area contributed by atoms with Gasteiger partial charge in [-0.15, -0.1) is 0 Å². The summed E-state index contributed by atoms with van der Waals surface area (Å²) in [6.07, 6.45) is 4.09. The van der Waals surface area contributed by atoms with Crippen molar-refractivity contribution in [1.29, 1.82) is 0 Å². The standard InChI is InChI=1S/C16H17ClN2O2/c1-10(11-4-5-11)19-15(20)9-21-14-7-6-13(17)12-3-2-8-18-16(12)14/h2-3,6-8,10-11H,4-5,9H2,1H3,(H,19,20)/t10-/m1/s1. The number of benzene rings is 1. The summed E-state index contributed by atoms with van der Waals surface area (Å²) < 4.78 is 5.60. The second kappa shape index (κ2) is 5.90. The number of nitrogens with one attached hydrogen (secondary N) is 1. The topological polar surface area (TPSA) is 51.2 Å². The van der Waals surface area contributed by atoms with E-state index in [1.165, 1.54) is 12.8 Å². The predicted octanol–water partition coefficient (Wildman–Crippen LogP) is 3.18. The first kappa shape index (κ1) is 14.1. The van der Waals surface area contributed by atoms with Gasteiger partial charge >= 0.3 is 0 Å². The molecule has 0 radical (unpaired) electrons. The van der Waals surface area contributed by atoms with E-state index in [0.717, 1.165) is 5.39 Å². The molecule has 0 saturated heterocycles. The Kier molecular flexibility index (Phi) is 3.97. The number of fused-ring (bicyclic) bond motifs is 1. The molecule has 1 atom stereocenters. The highest BCUT2D eigenvalue weighted by atomic mass is 35.5. The predicted molar refractivity (Wildman–Crippen MR) is 82.6 cm³/mol. The molecular weight excluding hydrogens is 288 g/mol. The van der Waals surface area contributed by atoms with Crippen molar-refractivity contribution in [3.63, 3.8) is 0 Å². The van der Waals surface area contributed by atoms with Crippen molar-refractivity contribution in [1.82, 2.24) is 10.3 Å². The molecule has 1 aliphatic rings. The van der Waals surface area contributed by atoms with Gasteiger partial charge in [-0.2, -0.15) is 0 Å². The lowest BCUT2D eigenvalue weighted by atomic mass is 10.2. The number of halogens is 1. The monoisotopic (exact) mass is 304 g/mol.